The van der Waals surface area contributed by atoms with Crippen LogP contribution in [0.15, 0.2) is 24.3 Å². The maximum Gasteiger partial charge on any atom is 0.433 e. The summed E-state index contributed by atoms with van der Waals surface area (Å²) in [6, 6.07) is 4.76. The summed E-state index contributed by atoms with van der Waals surface area (Å²) in [4.78, 5) is 9.45. The van der Waals surface area contributed by atoms with Gasteiger partial charge in [0, 0.05) is 24.8 Å². The predicted molar refractivity (Wildman–Crippen MR) is 88.5 cm³/mol. The van der Waals surface area contributed by atoms with E-state index < -0.39 is 17.7 Å². The lowest BCUT2D eigenvalue weighted by Crippen LogP contribution is -2.22. The highest BCUT2D eigenvalue weighted by atomic mass is 19.4. The Kier molecular flexibility index (Phi) is 5.78. The first-order valence-electron chi connectivity index (χ1n) is 7.53. The van der Waals surface area contributed by atoms with E-state index in [1.54, 1.807) is 6.92 Å². The zero-order valence-corrected chi connectivity index (χ0v) is 14.1. The van der Waals surface area contributed by atoms with Crippen molar-refractivity contribution in [2.24, 2.45) is 0 Å². The van der Waals surface area contributed by atoms with Crippen LogP contribution in [0, 0.1) is 12.7 Å². The van der Waals surface area contributed by atoms with Crippen LogP contribution in [0.4, 0.5) is 35.0 Å². The highest BCUT2D eigenvalue weighted by molar-refractivity contribution is 5.61. The van der Waals surface area contributed by atoms with Crippen molar-refractivity contribution in [3.8, 4) is 0 Å². The van der Waals surface area contributed by atoms with Gasteiger partial charge in [0.1, 0.15) is 11.6 Å². The lowest BCUT2D eigenvalue weighted by Gasteiger charge is -2.15. The van der Waals surface area contributed by atoms with Crippen molar-refractivity contribution in [3.63, 3.8) is 0 Å². The van der Waals surface area contributed by atoms with Crippen molar-refractivity contribution in [2.75, 3.05) is 37.8 Å². The first kappa shape index (κ1) is 18.9. The summed E-state index contributed by atoms with van der Waals surface area (Å²) in [7, 11) is 3.69. The topological polar surface area (TPSA) is 53.1 Å². The Balaban J connectivity index is 2.29. The van der Waals surface area contributed by atoms with Crippen LogP contribution in [-0.4, -0.2) is 42.1 Å². The summed E-state index contributed by atoms with van der Waals surface area (Å²) in [5, 5.41) is 5.56. The maximum absolute atomic E-state index is 13.2. The molecule has 9 heteroatoms. The van der Waals surface area contributed by atoms with E-state index in [0.717, 1.165) is 6.07 Å². The minimum absolute atomic E-state index is 0.0237. The molecule has 0 aliphatic rings. The van der Waals surface area contributed by atoms with E-state index in [1.807, 2.05) is 19.0 Å². The third-order valence-corrected chi connectivity index (χ3v) is 3.31. The molecule has 136 valence electrons. The fourth-order valence-corrected chi connectivity index (χ4v) is 2.03. The van der Waals surface area contributed by atoms with Gasteiger partial charge in [-0.15, -0.1) is 0 Å². The van der Waals surface area contributed by atoms with E-state index in [4.69, 9.17) is 0 Å². The Labute approximate surface area is 143 Å². The van der Waals surface area contributed by atoms with Crippen molar-refractivity contribution in [3.05, 3.63) is 41.3 Å². The van der Waals surface area contributed by atoms with Crippen molar-refractivity contribution >= 4 is 17.5 Å². The van der Waals surface area contributed by atoms with E-state index in [2.05, 4.69) is 20.6 Å². The largest absolute Gasteiger partial charge is 0.433 e. The molecule has 0 fully saturated rings. The number of likely N-dealkylation sites (N-methyl/N-ethyl adjacent to an activating group) is 1. The molecule has 2 N–H and O–H groups in total. The maximum atomic E-state index is 13.2. The molecular formula is C16H19F4N5. The number of benzene rings is 1. The van der Waals surface area contributed by atoms with Crippen LogP contribution >= 0.6 is 0 Å². The molecule has 1 aromatic carbocycles. The van der Waals surface area contributed by atoms with Crippen LogP contribution in [0.3, 0.4) is 0 Å². The van der Waals surface area contributed by atoms with Gasteiger partial charge in [-0.3, -0.25) is 0 Å². The number of halogens is 4. The molecule has 5 nitrogen and oxygen atoms in total. The number of rotatable bonds is 6. The van der Waals surface area contributed by atoms with Gasteiger partial charge in [0.15, 0.2) is 5.69 Å². The van der Waals surface area contributed by atoms with Crippen LogP contribution in [0.2, 0.25) is 0 Å². The number of alkyl halides is 3. The zero-order chi connectivity index (χ0) is 18.6. The Morgan fingerprint density at radius 2 is 1.84 bits per heavy atom. The molecule has 0 unspecified atom stereocenters. The third-order valence-electron chi connectivity index (χ3n) is 3.31. The average Bonchev–Trinajstić information content (AvgIpc) is 2.49. The van der Waals surface area contributed by atoms with Gasteiger partial charge in [-0.05, 0) is 44.8 Å². The first-order valence-corrected chi connectivity index (χ1v) is 7.53. The van der Waals surface area contributed by atoms with Gasteiger partial charge in [-0.2, -0.15) is 18.2 Å². The Hall–Kier alpha value is -2.42. The number of nitrogens with one attached hydrogen (secondary N) is 2. The number of hydrogen-bond acceptors (Lipinski definition) is 5. The molecule has 0 radical (unpaired) electrons. The molecule has 0 bridgehead atoms. The minimum atomic E-state index is -4.60. The fraction of sp³-hybridized carbons (Fsp3) is 0.375. The highest BCUT2D eigenvalue weighted by Crippen LogP contribution is 2.30. The van der Waals surface area contributed by atoms with Crippen molar-refractivity contribution in [2.45, 2.75) is 13.1 Å². The second-order valence-corrected chi connectivity index (χ2v) is 5.77. The van der Waals surface area contributed by atoms with Crippen LogP contribution in [0.25, 0.3) is 0 Å². The molecule has 0 amide bonds. The highest BCUT2D eigenvalue weighted by Gasteiger charge is 2.33. The summed E-state index contributed by atoms with van der Waals surface area (Å²) in [6.07, 6.45) is -4.60. The molecule has 2 aromatic rings. The number of anilines is 3. The van der Waals surface area contributed by atoms with Crippen LogP contribution in [0.5, 0.6) is 0 Å². The van der Waals surface area contributed by atoms with E-state index in [9.17, 15) is 17.6 Å². The lowest BCUT2D eigenvalue weighted by molar-refractivity contribution is -0.141. The van der Waals surface area contributed by atoms with Crippen molar-refractivity contribution < 1.29 is 17.6 Å². The second-order valence-electron chi connectivity index (χ2n) is 5.77. The average molecular weight is 357 g/mol. The van der Waals surface area contributed by atoms with Crippen LogP contribution in [-0.2, 0) is 6.18 Å². The van der Waals surface area contributed by atoms with Gasteiger partial charge in [0.05, 0.1) is 0 Å². The fourth-order valence-electron chi connectivity index (χ4n) is 2.03. The Morgan fingerprint density at radius 3 is 2.44 bits per heavy atom. The van der Waals surface area contributed by atoms with Gasteiger partial charge in [0.2, 0.25) is 5.95 Å². The summed E-state index contributed by atoms with van der Waals surface area (Å²) in [6.45, 7) is 2.65. The van der Waals surface area contributed by atoms with E-state index in [-0.39, 0.29) is 11.8 Å². The Bertz CT molecular complexity index is 731. The molecule has 0 saturated heterocycles. The normalized spacial score (nSPS) is 11.7. The number of hydrogen-bond donors (Lipinski definition) is 2. The van der Waals surface area contributed by atoms with Crippen LogP contribution < -0.4 is 10.6 Å². The van der Waals surface area contributed by atoms with Gasteiger partial charge >= 0.3 is 6.18 Å². The molecule has 1 aromatic heterocycles. The summed E-state index contributed by atoms with van der Waals surface area (Å²) < 4.78 is 52.4. The summed E-state index contributed by atoms with van der Waals surface area (Å²) >= 11 is 0. The Morgan fingerprint density at radius 1 is 1.12 bits per heavy atom. The molecule has 0 aliphatic heterocycles. The van der Waals surface area contributed by atoms with Gasteiger partial charge in [-0.1, -0.05) is 0 Å². The lowest BCUT2D eigenvalue weighted by atomic mass is 10.2. The molecule has 0 spiro atoms. The SMILES string of the molecule is Cc1cc(F)ccc1Nc1cc(C(F)(F)F)nc(NCCN(C)C)n1. The van der Waals surface area contributed by atoms with Gasteiger partial charge in [0.25, 0.3) is 0 Å². The molecule has 2 rings (SSSR count). The summed E-state index contributed by atoms with van der Waals surface area (Å²) in [5.74, 6) is -0.573. The summed E-state index contributed by atoms with van der Waals surface area (Å²) in [5.41, 5.74) is -0.0427. The zero-order valence-electron chi connectivity index (χ0n) is 14.1. The van der Waals surface area contributed by atoms with Gasteiger partial charge < -0.3 is 15.5 Å². The molecule has 0 atom stereocenters. The molecule has 25 heavy (non-hydrogen) atoms. The molecule has 0 aliphatic carbocycles. The first-order chi connectivity index (χ1) is 11.6. The molecule has 0 saturated carbocycles. The van der Waals surface area contributed by atoms with Crippen molar-refractivity contribution in [1.29, 1.82) is 0 Å². The standard InChI is InChI=1S/C16H19F4N5/c1-10-8-11(17)4-5-12(10)22-14-9-13(16(18,19)20)23-15(24-14)21-6-7-25(2)3/h4-5,8-9H,6-7H2,1-3H3,(H2,21,22,23,24). The van der Waals surface area contributed by atoms with Crippen LogP contribution in [0.1, 0.15) is 11.3 Å². The van der Waals surface area contributed by atoms with Crippen molar-refractivity contribution in [1.82, 2.24) is 14.9 Å². The minimum Gasteiger partial charge on any atom is -0.353 e. The molecular weight excluding hydrogens is 338 g/mol. The van der Waals surface area contributed by atoms with E-state index in [0.29, 0.717) is 24.3 Å². The third kappa shape index (κ3) is 5.56. The van der Waals surface area contributed by atoms with Gasteiger partial charge in [-0.25, -0.2) is 9.37 Å². The monoisotopic (exact) mass is 357 g/mol. The van der Waals surface area contributed by atoms with E-state index >= 15 is 0 Å². The number of nitrogens with zero attached hydrogens (tertiary/aromatic N) is 3. The molecule has 1 heterocycles. The number of aromatic nitrogens is 2. The second kappa shape index (κ2) is 7.64. The number of aryl methyl sites for hydroxylation is 1. The van der Waals surface area contributed by atoms with E-state index in [1.165, 1.54) is 18.2 Å². The predicted octanol–water partition coefficient (Wildman–Crippen LogP) is 3.66. The smallest absolute Gasteiger partial charge is 0.353 e. The quantitative estimate of drug-likeness (QED) is 0.773.